The summed E-state index contributed by atoms with van der Waals surface area (Å²) in [5.74, 6) is 0.253. The van der Waals surface area contributed by atoms with Crippen molar-refractivity contribution in [1.29, 1.82) is 0 Å². The van der Waals surface area contributed by atoms with Gasteiger partial charge in [-0.3, -0.25) is 4.79 Å². The second-order valence-corrected chi connectivity index (χ2v) is 7.04. The van der Waals surface area contributed by atoms with Gasteiger partial charge in [-0.15, -0.1) is 0 Å². The number of rotatable bonds is 5. The van der Waals surface area contributed by atoms with Crippen molar-refractivity contribution in [3.8, 4) is 0 Å². The molecule has 0 aromatic heterocycles. The molecule has 0 radical (unpaired) electrons. The third kappa shape index (κ3) is 3.88. The molecule has 4 heteroatoms. The summed E-state index contributed by atoms with van der Waals surface area (Å²) in [5, 5.41) is 6.48. The first-order valence-corrected chi connectivity index (χ1v) is 7.72. The topological polar surface area (TPSA) is 41.1 Å². The Hall–Kier alpha value is -0.220. The number of hydrogen-bond donors (Lipinski definition) is 2. The molecule has 0 aliphatic carbocycles. The summed E-state index contributed by atoms with van der Waals surface area (Å²) in [5.41, 5.74) is -0.125. The third-order valence-corrected chi connectivity index (χ3v) is 5.20. The zero-order valence-corrected chi connectivity index (χ0v) is 12.4. The van der Waals surface area contributed by atoms with Gasteiger partial charge in [0.05, 0.1) is 5.41 Å². The van der Waals surface area contributed by atoms with Crippen LogP contribution in [0, 0.1) is 5.41 Å². The molecule has 1 amide bonds. The molecule has 0 aromatic carbocycles. The number of nitrogens with one attached hydrogen (secondary N) is 2. The van der Waals surface area contributed by atoms with E-state index in [4.69, 9.17) is 0 Å². The molecular formula is C13H26N2OS. The SMILES string of the molecule is CCC1(C(=O)NCC(C)(C)SC)CCNCC1. The average molecular weight is 258 g/mol. The standard InChI is InChI=1S/C13H26N2OS/c1-5-13(6-8-14-9-7-13)11(16)15-10-12(2,3)17-4/h14H,5-10H2,1-4H3,(H,15,16). The normalized spacial score (nSPS) is 20.0. The Morgan fingerprint density at radius 2 is 2.00 bits per heavy atom. The highest BCUT2D eigenvalue weighted by Gasteiger charge is 2.38. The first-order chi connectivity index (χ1) is 7.96. The smallest absolute Gasteiger partial charge is 0.226 e. The Morgan fingerprint density at radius 3 is 2.47 bits per heavy atom. The van der Waals surface area contributed by atoms with Gasteiger partial charge in [0.2, 0.25) is 5.91 Å². The lowest BCUT2D eigenvalue weighted by molar-refractivity contribution is -0.132. The Labute approximate surface area is 109 Å². The molecule has 1 heterocycles. The van der Waals surface area contributed by atoms with Gasteiger partial charge < -0.3 is 10.6 Å². The van der Waals surface area contributed by atoms with Crippen LogP contribution in [0.25, 0.3) is 0 Å². The monoisotopic (exact) mass is 258 g/mol. The van der Waals surface area contributed by atoms with Crippen molar-refractivity contribution in [2.45, 2.75) is 44.8 Å². The van der Waals surface area contributed by atoms with Gasteiger partial charge in [-0.1, -0.05) is 6.92 Å². The van der Waals surface area contributed by atoms with Gasteiger partial charge >= 0.3 is 0 Å². The Morgan fingerprint density at radius 1 is 1.41 bits per heavy atom. The Kier molecular flexibility index (Phi) is 5.32. The molecule has 0 atom stereocenters. The van der Waals surface area contributed by atoms with E-state index in [0.717, 1.165) is 38.9 Å². The van der Waals surface area contributed by atoms with Crippen molar-refractivity contribution < 1.29 is 4.79 Å². The largest absolute Gasteiger partial charge is 0.354 e. The fourth-order valence-electron chi connectivity index (χ4n) is 2.20. The highest BCUT2D eigenvalue weighted by atomic mass is 32.2. The lowest BCUT2D eigenvalue weighted by Gasteiger charge is -2.36. The summed E-state index contributed by atoms with van der Waals surface area (Å²) in [6.07, 6.45) is 4.97. The molecule has 0 spiro atoms. The molecule has 17 heavy (non-hydrogen) atoms. The molecule has 3 nitrogen and oxygen atoms in total. The van der Waals surface area contributed by atoms with Crippen LogP contribution in [-0.4, -0.2) is 36.5 Å². The molecule has 0 aromatic rings. The maximum Gasteiger partial charge on any atom is 0.226 e. The van der Waals surface area contributed by atoms with Crippen LogP contribution in [-0.2, 0) is 4.79 Å². The minimum absolute atomic E-state index is 0.123. The van der Waals surface area contributed by atoms with E-state index in [9.17, 15) is 4.79 Å². The fourth-order valence-corrected chi connectivity index (χ4v) is 2.42. The molecule has 0 unspecified atom stereocenters. The van der Waals surface area contributed by atoms with Gasteiger partial charge in [0.1, 0.15) is 0 Å². The molecule has 1 aliphatic rings. The lowest BCUT2D eigenvalue weighted by Crippen LogP contribution is -2.49. The minimum atomic E-state index is -0.125. The van der Waals surface area contributed by atoms with Crippen molar-refractivity contribution >= 4 is 17.7 Å². The molecule has 100 valence electrons. The number of hydrogen-bond acceptors (Lipinski definition) is 3. The summed E-state index contributed by atoms with van der Waals surface area (Å²) < 4.78 is 0.123. The van der Waals surface area contributed by atoms with Crippen molar-refractivity contribution in [3.63, 3.8) is 0 Å². The van der Waals surface area contributed by atoms with Gasteiger partial charge in [-0.25, -0.2) is 0 Å². The van der Waals surface area contributed by atoms with Crippen LogP contribution in [0.4, 0.5) is 0 Å². The van der Waals surface area contributed by atoms with Crippen molar-refractivity contribution in [3.05, 3.63) is 0 Å². The van der Waals surface area contributed by atoms with Crippen LogP contribution < -0.4 is 10.6 Å². The van der Waals surface area contributed by atoms with E-state index < -0.39 is 0 Å². The highest BCUT2D eigenvalue weighted by Crippen LogP contribution is 2.33. The van der Waals surface area contributed by atoms with E-state index in [0.29, 0.717) is 0 Å². The molecule has 1 saturated heterocycles. The summed E-state index contributed by atoms with van der Waals surface area (Å²) in [4.78, 5) is 12.4. The quantitative estimate of drug-likeness (QED) is 0.793. The molecule has 2 N–H and O–H groups in total. The van der Waals surface area contributed by atoms with Crippen molar-refractivity contribution in [2.24, 2.45) is 5.41 Å². The van der Waals surface area contributed by atoms with Gasteiger partial charge in [-0.05, 0) is 52.5 Å². The third-order valence-electron chi connectivity index (χ3n) is 3.95. The van der Waals surface area contributed by atoms with Crippen LogP contribution >= 0.6 is 11.8 Å². The number of amides is 1. The van der Waals surface area contributed by atoms with E-state index in [1.165, 1.54) is 0 Å². The maximum absolute atomic E-state index is 12.4. The summed E-state index contributed by atoms with van der Waals surface area (Å²) in [6, 6.07) is 0. The molecule has 1 fully saturated rings. The van der Waals surface area contributed by atoms with E-state index >= 15 is 0 Å². The van der Waals surface area contributed by atoms with Gasteiger partial charge in [0, 0.05) is 11.3 Å². The van der Waals surface area contributed by atoms with E-state index in [-0.39, 0.29) is 16.1 Å². The van der Waals surface area contributed by atoms with Crippen LogP contribution in [0.5, 0.6) is 0 Å². The summed E-state index contributed by atoms with van der Waals surface area (Å²) in [7, 11) is 0. The molecular weight excluding hydrogens is 232 g/mol. The van der Waals surface area contributed by atoms with Crippen LogP contribution in [0.15, 0.2) is 0 Å². The van der Waals surface area contributed by atoms with E-state index in [1.54, 1.807) is 11.8 Å². The van der Waals surface area contributed by atoms with Crippen molar-refractivity contribution in [1.82, 2.24) is 10.6 Å². The van der Waals surface area contributed by atoms with Crippen LogP contribution in [0.1, 0.15) is 40.0 Å². The molecule has 1 aliphatic heterocycles. The van der Waals surface area contributed by atoms with E-state index in [1.807, 2.05) is 0 Å². The molecule has 1 rings (SSSR count). The second-order valence-electron chi connectivity index (χ2n) is 5.53. The zero-order valence-electron chi connectivity index (χ0n) is 11.6. The summed E-state index contributed by atoms with van der Waals surface area (Å²) in [6.45, 7) is 9.14. The lowest BCUT2D eigenvalue weighted by atomic mass is 9.76. The number of piperidine rings is 1. The maximum atomic E-state index is 12.4. The number of carbonyl (C=O) groups is 1. The van der Waals surface area contributed by atoms with Gasteiger partial charge in [-0.2, -0.15) is 11.8 Å². The second kappa shape index (κ2) is 6.10. The van der Waals surface area contributed by atoms with Crippen molar-refractivity contribution in [2.75, 3.05) is 25.9 Å². The Bertz CT molecular complexity index is 260. The molecule has 0 saturated carbocycles. The average Bonchev–Trinajstić information content (AvgIpc) is 2.37. The van der Waals surface area contributed by atoms with Crippen LogP contribution in [0.2, 0.25) is 0 Å². The number of carbonyl (C=O) groups excluding carboxylic acids is 1. The number of thioether (sulfide) groups is 1. The van der Waals surface area contributed by atoms with E-state index in [2.05, 4.69) is 37.7 Å². The van der Waals surface area contributed by atoms with Gasteiger partial charge in [0.15, 0.2) is 0 Å². The zero-order chi connectivity index (χ0) is 12.9. The highest BCUT2D eigenvalue weighted by molar-refractivity contribution is 7.99. The molecule has 0 bridgehead atoms. The Balaban J connectivity index is 2.55. The first kappa shape index (κ1) is 14.8. The van der Waals surface area contributed by atoms with Gasteiger partial charge in [0.25, 0.3) is 0 Å². The summed E-state index contributed by atoms with van der Waals surface area (Å²) >= 11 is 1.80. The fraction of sp³-hybridized carbons (Fsp3) is 0.923. The predicted molar refractivity (Wildman–Crippen MR) is 75.4 cm³/mol. The van der Waals surface area contributed by atoms with Crippen LogP contribution in [0.3, 0.4) is 0 Å². The minimum Gasteiger partial charge on any atom is -0.354 e. The predicted octanol–water partition coefficient (Wildman–Crippen LogP) is 2.02. The first-order valence-electron chi connectivity index (χ1n) is 6.50.